The van der Waals surface area contributed by atoms with Gasteiger partial charge in [0.15, 0.2) is 11.5 Å². The molecule has 0 saturated heterocycles. The molecule has 1 fully saturated rings. The van der Waals surface area contributed by atoms with E-state index in [9.17, 15) is 14.4 Å². The monoisotopic (exact) mass is 430 g/mol. The van der Waals surface area contributed by atoms with Crippen LogP contribution < -0.4 is 9.47 Å². The average Bonchev–Trinajstić information content (AvgIpc) is 2.68. The van der Waals surface area contributed by atoms with Gasteiger partial charge in [-0.2, -0.15) is 0 Å². The first-order chi connectivity index (χ1) is 14.7. The normalized spacial score (nSPS) is 18.8. The molecule has 31 heavy (non-hydrogen) atoms. The summed E-state index contributed by atoms with van der Waals surface area (Å²) in [6.45, 7) is 6.30. The SMILES string of the molecule is CC(=O)Oc1ccc(C=CC(=O)N(CCN(C)C)[C@H]2CC[C@H](C)CC2)cc1OC(C)=O. The highest BCUT2D eigenvalue weighted by Crippen LogP contribution is 2.30. The van der Waals surface area contributed by atoms with Gasteiger partial charge in [0.1, 0.15) is 0 Å². The fourth-order valence-electron chi connectivity index (χ4n) is 3.70. The van der Waals surface area contributed by atoms with Crippen molar-refractivity contribution >= 4 is 23.9 Å². The van der Waals surface area contributed by atoms with Crippen molar-refractivity contribution in [1.29, 1.82) is 0 Å². The number of amides is 1. The Morgan fingerprint density at radius 2 is 1.58 bits per heavy atom. The van der Waals surface area contributed by atoms with E-state index in [4.69, 9.17) is 9.47 Å². The third kappa shape index (κ3) is 8.17. The van der Waals surface area contributed by atoms with E-state index >= 15 is 0 Å². The molecule has 0 bridgehead atoms. The number of rotatable bonds is 8. The lowest BCUT2D eigenvalue weighted by Gasteiger charge is -2.36. The zero-order chi connectivity index (χ0) is 23.0. The number of hydrogen-bond donors (Lipinski definition) is 0. The third-order valence-electron chi connectivity index (χ3n) is 5.39. The second-order valence-electron chi connectivity index (χ2n) is 8.48. The fraction of sp³-hybridized carbons (Fsp3) is 0.542. The van der Waals surface area contributed by atoms with Crippen LogP contribution in [0.1, 0.15) is 52.0 Å². The van der Waals surface area contributed by atoms with Crippen molar-refractivity contribution in [2.24, 2.45) is 5.92 Å². The molecular formula is C24H34N2O5. The first-order valence-corrected chi connectivity index (χ1v) is 10.8. The van der Waals surface area contributed by atoms with Gasteiger partial charge in [-0.3, -0.25) is 14.4 Å². The molecule has 0 aliphatic heterocycles. The Kier molecular flexibility index (Phi) is 9.24. The number of carbonyl (C=O) groups excluding carboxylic acids is 3. The zero-order valence-electron chi connectivity index (χ0n) is 19.2. The molecule has 0 N–H and O–H groups in total. The Morgan fingerprint density at radius 3 is 2.16 bits per heavy atom. The molecule has 1 aliphatic carbocycles. The molecule has 1 saturated carbocycles. The highest BCUT2D eigenvalue weighted by molar-refractivity contribution is 5.92. The molecule has 0 aromatic heterocycles. The Balaban J connectivity index is 2.18. The van der Waals surface area contributed by atoms with E-state index in [-0.39, 0.29) is 23.4 Å². The van der Waals surface area contributed by atoms with Crippen LogP contribution in [0.15, 0.2) is 24.3 Å². The van der Waals surface area contributed by atoms with Gasteiger partial charge in [0, 0.05) is 39.1 Å². The Morgan fingerprint density at radius 1 is 0.968 bits per heavy atom. The second kappa shape index (κ2) is 11.6. The molecular weight excluding hydrogens is 396 g/mol. The van der Waals surface area contributed by atoms with Crippen molar-refractivity contribution in [1.82, 2.24) is 9.80 Å². The van der Waals surface area contributed by atoms with Crippen molar-refractivity contribution < 1.29 is 23.9 Å². The van der Waals surface area contributed by atoms with E-state index in [1.807, 2.05) is 19.0 Å². The van der Waals surface area contributed by atoms with Crippen LogP contribution in [0, 0.1) is 5.92 Å². The van der Waals surface area contributed by atoms with Crippen LogP contribution in [0.4, 0.5) is 0 Å². The van der Waals surface area contributed by atoms with Gasteiger partial charge in [0.05, 0.1) is 0 Å². The topological polar surface area (TPSA) is 76.2 Å². The van der Waals surface area contributed by atoms with E-state index in [1.165, 1.54) is 13.8 Å². The van der Waals surface area contributed by atoms with Crippen molar-refractivity contribution in [3.8, 4) is 11.5 Å². The van der Waals surface area contributed by atoms with Crippen LogP contribution >= 0.6 is 0 Å². The van der Waals surface area contributed by atoms with Gasteiger partial charge in [0.25, 0.3) is 0 Å². The Hall–Kier alpha value is -2.67. The maximum atomic E-state index is 13.1. The van der Waals surface area contributed by atoms with Gasteiger partial charge in [0.2, 0.25) is 5.91 Å². The van der Waals surface area contributed by atoms with E-state index in [0.29, 0.717) is 18.0 Å². The summed E-state index contributed by atoms with van der Waals surface area (Å²) < 4.78 is 10.2. The minimum absolute atomic E-state index is 0.0282. The number of benzene rings is 1. The van der Waals surface area contributed by atoms with Crippen molar-refractivity contribution in [3.05, 3.63) is 29.8 Å². The molecule has 0 unspecified atom stereocenters. The number of likely N-dealkylation sites (N-methyl/N-ethyl adjacent to an activating group) is 1. The summed E-state index contributed by atoms with van der Waals surface area (Å²) in [5.41, 5.74) is 0.672. The number of nitrogens with zero attached hydrogens (tertiary/aromatic N) is 2. The number of carbonyl (C=O) groups is 3. The van der Waals surface area contributed by atoms with Gasteiger partial charge in [-0.15, -0.1) is 0 Å². The first-order valence-electron chi connectivity index (χ1n) is 10.8. The van der Waals surface area contributed by atoms with Gasteiger partial charge >= 0.3 is 11.9 Å². The lowest BCUT2D eigenvalue weighted by atomic mass is 9.86. The summed E-state index contributed by atoms with van der Waals surface area (Å²) in [5.74, 6) is -0.0390. The predicted octanol–water partition coefficient (Wildman–Crippen LogP) is 3.52. The zero-order valence-corrected chi connectivity index (χ0v) is 19.2. The van der Waals surface area contributed by atoms with Gasteiger partial charge in [-0.05, 0) is 69.5 Å². The van der Waals surface area contributed by atoms with Crippen LogP contribution in [-0.2, 0) is 14.4 Å². The number of hydrogen-bond acceptors (Lipinski definition) is 6. The summed E-state index contributed by atoms with van der Waals surface area (Å²) in [4.78, 5) is 39.8. The molecule has 2 rings (SSSR count). The molecule has 0 atom stereocenters. The highest BCUT2D eigenvalue weighted by atomic mass is 16.6. The molecule has 1 aromatic carbocycles. The van der Waals surface area contributed by atoms with Crippen LogP contribution in [0.25, 0.3) is 6.08 Å². The summed E-state index contributed by atoms with van der Waals surface area (Å²) >= 11 is 0. The highest BCUT2D eigenvalue weighted by Gasteiger charge is 2.26. The fourth-order valence-corrected chi connectivity index (χ4v) is 3.70. The lowest BCUT2D eigenvalue weighted by molar-refractivity contribution is -0.134. The minimum Gasteiger partial charge on any atom is -0.423 e. The standard InChI is InChI=1S/C24H34N2O5/c1-17-6-10-21(11-7-17)26(15-14-25(4)5)24(29)13-9-20-8-12-22(30-18(2)27)23(16-20)31-19(3)28/h8-9,12-13,16-17,21H,6-7,10-11,14-15H2,1-5H3/t17-,21-. The average molecular weight is 431 g/mol. The van der Waals surface area contributed by atoms with Crippen molar-refractivity contribution in [3.63, 3.8) is 0 Å². The van der Waals surface area contributed by atoms with Gasteiger partial charge in [-0.25, -0.2) is 0 Å². The third-order valence-corrected chi connectivity index (χ3v) is 5.39. The predicted molar refractivity (Wildman–Crippen MR) is 120 cm³/mol. The van der Waals surface area contributed by atoms with Gasteiger partial charge < -0.3 is 19.3 Å². The molecule has 170 valence electrons. The van der Waals surface area contributed by atoms with Crippen molar-refractivity contribution in [2.45, 2.75) is 52.5 Å². The number of esters is 2. The first kappa shape index (κ1) is 24.6. The maximum Gasteiger partial charge on any atom is 0.308 e. The summed E-state index contributed by atoms with van der Waals surface area (Å²) in [5, 5.41) is 0. The van der Waals surface area contributed by atoms with Crippen LogP contribution in [0.2, 0.25) is 0 Å². The van der Waals surface area contributed by atoms with E-state index < -0.39 is 11.9 Å². The molecule has 0 spiro atoms. The van der Waals surface area contributed by atoms with Crippen molar-refractivity contribution in [2.75, 3.05) is 27.2 Å². The molecule has 1 aromatic rings. The molecule has 7 nitrogen and oxygen atoms in total. The van der Waals surface area contributed by atoms with Gasteiger partial charge in [-0.1, -0.05) is 13.0 Å². The molecule has 1 amide bonds. The number of ether oxygens (including phenoxy) is 2. The molecule has 0 heterocycles. The maximum absolute atomic E-state index is 13.1. The lowest BCUT2D eigenvalue weighted by Crippen LogP contribution is -2.44. The van der Waals surface area contributed by atoms with Crippen LogP contribution in [-0.4, -0.2) is 60.9 Å². The summed E-state index contributed by atoms with van der Waals surface area (Å²) in [6, 6.07) is 5.10. The second-order valence-corrected chi connectivity index (χ2v) is 8.48. The molecule has 1 aliphatic rings. The quantitative estimate of drug-likeness (QED) is 0.357. The smallest absolute Gasteiger partial charge is 0.308 e. The molecule has 0 radical (unpaired) electrons. The largest absolute Gasteiger partial charge is 0.423 e. The van der Waals surface area contributed by atoms with E-state index in [1.54, 1.807) is 30.4 Å². The van der Waals surface area contributed by atoms with E-state index in [0.717, 1.165) is 32.2 Å². The summed E-state index contributed by atoms with van der Waals surface area (Å²) in [6.07, 6.45) is 7.60. The Bertz CT molecular complexity index is 810. The Labute approximate surface area is 185 Å². The van der Waals surface area contributed by atoms with Crippen LogP contribution in [0.3, 0.4) is 0 Å². The summed E-state index contributed by atoms with van der Waals surface area (Å²) in [7, 11) is 4.01. The van der Waals surface area contributed by atoms with E-state index in [2.05, 4.69) is 11.8 Å². The molecule has 7 heteroatoms. The van der Waals surface area contributed by atoms with Crippen LogP contribution in [0.5, 0.6) is 11.5 Å². The minimum atomic E-state index is -0.521.